The molecule has 0 saturated heterocycles. The third kappa shape index (κ3) is 4.51. The van der Waals surface area contributed by atoms with E-state index in [1.165, 1.54) is 6.07 Å². The van der Waals surface area contributed by atoms with E-state index in [-0.39, 0.29) is 18.0 Å². The zero-order chi connectivity index (χ0) is 17.7. The zero-order valence-electron chi connectivity index (χ0n) is 12.7. The average Bonchev–Trinajstić information content (AvgIpc) is 2.54. The Morgan fingerprint density at radius 2 is 2.08 bits per heavy atom. The van der Waals surface area contributed by atoms with Gasteiger partial charge in [-0.3, -0.25) is 14.9 Å². The van der Waals surface area contributed by atoms with Crippen LogP contribution in [0.2, 0.25) is 0 Å². The van der Waals surface area contributed by atoms with Gasteiger partial charge in [0.25, 0.3) is 0 Å². The van der Waals surface area contributed by atoms with E-state index < -0.39 is 16.4 Å². The first-order valence-electron chi connectivity index (χ1n) is 6.97. The monoisotopic (exact) mass is 396 g/mol. The van der Waals surface area contributed by atoms with Crippen molar-refractivity contribution >= 4 is 33.2 Å². The summed E-state index contributed by atoms with van der Waals surface area (Å²) in [6.07, 6.45) is 0.668. The van der Waals surface area contributed by atoms with Crippen LogP contribution in [0, 0.1) is 15.9 Å². The molecule has 0 aliphatic carbocycles. The number of nitro groups is 1. The molecule has 0 bridgehead atoms. The van der Waals surface area contributed by atoms with Crippen molar-refractivity contribution in [1.29, 1.82) is 0 Å². The summed E-state index contributed by atoms with van der Waals surface area (Å²) in [5.41, 5.74) is 0.443. The Balaban J connectivity index is 1.97. The van der Waals surface area contributed by atoms with Gasteiger partial charge in [0.1, 0.15) is 5.75 Å². The van der Waals surface area contributed by atoms with Gasteiger partial charge in [-0.05, 0) is 52.2 Å². The number of rotatable bonds is 6. The van der Waals surface area contributed by atoms with Crippen molar-refractivity contribution in [2.75, 3.05) is 12.4 Å². The molecule has 0 aliphatic heterocycles. The predicted octanol–water partition coefficient (Wildman–Crippen LogP) is 4.08. The van der Waals surface area contributed by atoms with Gasteiger partial charge in [-0.1, -0.05) is 6.07 Å². The molecule has 6 nitrogen and oxygen atoms in total. The van der Waals surface area contributed by atoms with Crippen LogP contribution in [0.25, 0.3) is 0 Å². The number of ether oxygens (including phenoxy) is 1. The van der Waals surface area contributed by atoms with E-state index in [1.807, 2.05) is 12.1 Å². The summed E-state index contributed by atoms with van der Waals surface area (Å²) in [5, 5.41) is 13.2. The van der Waals surface area contributed by atoms with E-state index in [1.54, 1.807) is 13.2 Å². The molecule has 2 aromatic carbocycles. The number of aryl methyl sites for hydroxylation is 1. The van der Waals surface area contributed by atoms with Crippen molar-refractivity contribution in [2.24, 2.45) is 0 Å². The van der Waals surface area contributed by atoms with Crippen LogP contribution in [0.5, 0.6) is 5.75 Å². The van der Waals surface area contributed by atoms with E-state index in [2.05, 4.69) is 21.2 Å². The first-order chi connectivity index (χ1) is 11.4. The summed E-state index contributed by atoms with van der Waals surface area (Å²) in [6, 6.07) is 8.73. The number of nitrogens with one attached hydrogen (secondary N) is 1. The van der Waals surface area contributed by atoms with Crippen molar-refractivity contribution in [1.82, 2.24) is 0 Å². The van der Waals surface area contributed by atoms with Gasteiger partial charge in [0.15, 0.2) is 0 Å². The molecule has 0 heterocycles. The maximum Gasteiger partial charge on any atom is 0.306 e. The molecular formula is C16H14BrFN2O4. The minimum atomic E-state index is -0.943. The summed E-state index contributed by atoms with van der Waals surface area (Å²) >= 11 is 3.37. The number of methoxy groups -OCH3 is 1. The van der Waals surface area contributed by atoms with Crippen LogP contribution >= 0.6 is 15.9 Å². The number of carbonyl (C=O) groups excluding carboxylic acids is 1. The Hall–Kier alpha value is -2.48. The Labute approximate surface area is 145 Å². The highest BCUT2D eigenvalue weighted by Gasteiger charge is 2.15. The second-order valence-electron chi connectivity index (χ2n) is 4.94. The van der Waals surface area contributed by atoms with Crippen molar-refractivity contribution in [3.05, 3.63) is 62.4 Å². The molecular weight excluding hydrogens is 383 g/mol. The molecule has 24 heavy (non-hydrogen) atoms. The van der Waals surface area contributed by atoms with E-state index >= 15 is 0 Å². The predicted molar refractivity (Wildman–Crippen MR) is 90.7 cm³/mol. The smallest absolute Gasteiger partial charge is 0.306 e. The van der Waals surface area contributed by atoms with Gasteiger partial charge in [0.05, 0.1) is 16.5 Å². The molecule has 0 spiro atoms. The fourth-order valence-corrected chi connectivity index (χ4v) is 2.67. The molecule has 0 saturated carbocycles. The highest BCUT2D eigenvalue weighted by Crippen LogP contribution is 2.26. The standard InChI is InChI=1S/C16H14BrFN2O4/c1-24-15-6-2-10(8-12(15)17)3-7-16(21)19-11-4-5-13(18)14(9-11)20(22)23/h2,4-6,8-9H,3,7H2,1H3,(H,19,21). The van der Waals surface area contributed by atoms with Crippen LogP contribution in [0.3, 0.4) is 0 Å². The van der Waals surface area contributed by atoms with Crippen molar-refractivity contribution in [2.45, 2.75) is 12.8 Å². The minimum absolute atomic E-state index is 0.184. The second kappa shape index (κ2) is 7.87. The number of amides is 1. The van der Waals surface area contributed by atoms with Gasteiger partial charge in [-0.15, -0.1) is 0 Å². The Morgan fingerprint density at radius 3 is 2.71 bits per heavy atom. The summed E-state index contributed by atoms with van der Waals surface area (Å²) in [6.45, 7) is 0. The number of halogens is 2. The fraction of sp³-hybridized carbons (Fsp3) is 0.188. The zero-order valence-corrected chi connectivity index (χ0v) is 14.3. The normalized spacial score (nSPS) is 10.3. The molecule has 126 valence electrons. The Bertz CT molecular complexity index is 783. The molecule has 0 atom stereocenters. The molecule has 8 heteroatoms. The quantitative estimate of drug-likeness (QED) is 0.589. The molecule has 2 rings (SSSR count). The van der Waals surface area contributed by atoms with Crippen molar-refractivity contribution < 1.29 is 18.8 Å². The van der Waals surface area contributed by atoms with Gasteiger partial charge in [-0.2, -0.15) is 4.39 Å². The molecule has 0 aliphatic rings. The Kier molecular flexibility index (Phi) is 5.86. The van der Waals surface area contributed by atoms with Gasteiger partial charge >= 0.3 is 5.69 Å². The summed E-state index contributed by atoms with van der Waals surface area (Å²) in [7, 11) is 1.56. The lowest BCUT2D eigenvalue weighted by molar-refractivity contribution is -0.387. The highest BCUT2D eigenvalue weighted by atomic mass is 79.9. The number of nitro benzene ring substituents is 1. The summed E-state index contributed by atoms with van der Waals surface area (Å²) in [5.74, 6) is -0.564. The topological polar surface area (TPSA) is 81.5 Å². The van der Waals surface area contributed by atoms with Crippen LogP contribution in [0.15, 0.2) is 40.9 Å². The van der Waals surface area contributed by atoms with Crippen LogP contribution in [0.4, 0.5) is 15.8 Å². The minimum Gasteiger partial charge on any atom is -0.496 e. The van der Waals surface area contributed by atoms with E-state index in [4.69, 9.17) is 4.74 Å². The molecule has 0 unspecified atom stereocenters. The van der Waals surface area contributed by atoms with E-state index in [9.17, 15) is 19.3 Å². The van der Waals surface area contributed by atoms with Crippen LogP contribution < -0.4 is 10.1 Å². The number of hydrogen-bond acceptors (Lipinski definition) is 4. The lowest BCUT2D eigenvalue weighted by Gasteiger charge is -2.07. The number of anilines is 1. The second-order valence-corrected chi connectivity index (χ2v) is 5.79. The maximum atomic E-state index is 13.3. The van der Waals surface area contributed by atoms with Crippen LogP contribution in [0.1, 0.15) is 12.0 Å². The average molecular weight is 397 g/mol. The Morgan fingerprint density at radius 1 is 1.33 bits per heavy atom. The number of benzene rings is 2. The third-order valence-electron chi connectivity index (χ3n) is 3.28. The number of hydrogen-bond donors (Lipinski definition) is 1. The molecule has 0 aromatic heterocycles. The number of carbonyl (C=O) groups is 1. The molecule has 2 aromatic rings. The largest absolute Gasteiger partial charge is 0.496 e. The maximum absolute atomic E-state index is 13.3. The van der Waals surface area contributed by atoms with Crippen molar-refractivity contribution in [3.63, 3.8) is 0 Å². The molecule has 1 amide bonds. The van der Waals surface area contributed by atoms with Crippen molar-refractivity contribution in [3.8, 4) is 5.75 Å². The third-order valence-corrected chi connectivity index (χ3v) is 3.90. The fourth-order valence-electron chi connectivity index (χ4n) is 2.08. The lowest BCUT2D eigenvalue weighted by atomic mass is 10.1. The van der Waals surface area contributed by atoms with Gasteiger partial charge < -0.3 is 10.1 Å². The summed E-state index contributed by atoms with van der Waals surface area (Å²) in [4.78, 5) is 21.8. The van der Waals surface area contributed by atoms with Gasteiger partial charge in [0, 0.05) is 18.2 Å². The molecule has 0 fully saturated rings. The first-order valence-corrected chi connectivity index (χ1v) is 7.76. The highest BCUT2D eigenvalue weighted by molar-refractivity contribution is 9.10. The molecule has 0 radical (unpaired) electrons. The molecule has 1 N–H and O–H groups in total. The number of nitrogens with zero attached hydrogens (tertiary/aromatic N) is 1. The SMILES string of the molecule is COc1ccc(CCC(=O)Nc2ccc(F)c([N+](=O)[O-])c2)cc1Br. The van der Waals surface area contributed by atoms with Crippen LogP contribution in [-0.2, 0) is 11.2 Å². The van der Waals surface area contributed by atoms with Gasteiger partial charge in [-0.25, -0.2) is 0 Å². The van der Waals surface area contributed by atoms with Crippen LogP contribution in [-0.4, -0.2) is 17.9 Å². The first kappa shape index (κ1) is 17.9. The summed E-state index contributed by atoms with van der Waals surface area (Å²) < 4.78 is 19.2. The van der Waals surface area contributed by atoms with E-state index in [0.29, 0.717) is 12.2 Å². The van der Waals surface area contributed by atoms with Gasteiger partial charge in [0.2, 0.25) is 11.7 Å². The lowest BCUT2D eigenvalue weighted by Crippen LogP contribution is -2.12. The van der Waals surface area contributed by atoms with E-state index in [0.717, 1.165) is 22.2 Å².